The van der Waals surface area contributed by atoms with Crippen molar-refractivity contribution in [1.82, 2.24) is 15.5 Å². The van der Waals surface area contributed by atoms with E-state index in [1.807, 2.05) is 24.3 Å². The van der Waals surface area contributed by atoms with E-state index in [1.165, 1.54) is 0 Å². The molecule has 0 unspecified atom stereocenters. The molecule has 2 N–H and O–H groups in total. The molecule has 1 heterocycles. The van der Waals surface area contributed by atoms with Crippen LogP contribution in [-0.2, 0) is 11.2 Å². The minimum absolute atomic E-state index is 0.0979. The topological polar surface area (TPSA) is 44.4 Å². The molecule has 4 nitrogen and oxygen atoms in total. The predicted octanol–water partition coefficient (Wildman–Crippen LogP) is 1.29. The van der Waals surface area contributed by atoms with Crippen LogP contribution in [0.2, 0.25) is 5.02 Å². The number of likely N-dealkylation sites (N-methyl/N-ethyl adjacent to an activating group) is 1. The smallest absolute Gasteiger partial charge is 0.234 e. The van der Waals surface area contributed by atoms with Gasteiger partial charge in [0.15, 0.2) is 0 Å². The van der Waals surface area contributed by atoms with Crippen LogP contribution >= 0.6 is 11.6 Å². The van der Waals surface area contributed by atoms with Crippen LogP contribution in [0.15, 0.2) is 24.3 Å². The van der Waals surface area contributed by atoms with Gasteiger partial charge in [-0.3, -0.25) is 9.69 Å². The van der Waals surface area contributed by atoms with E-state index < -0.39 is 0 Å². The van der Waals surface area contributed by atoms with Crippen molar-refractivity contribution in [2.24, 2.45) is 0 Å². The maximum Gasteiger partial charge on any atom is 0.234 e. The van der Waals surface area contributed by atoms with Crippen LogP contribution < -0.4 is 10.6 Å². The van der Waals surface area contributed by atoms with Crippen LogP contribution in [-0.4, -0.2) is 49.6 Å². The van der Waals surface area contributed by atoms with Gasteiger partial charge in [-0.1, -0.05) is 30.7 Å². The minimum atomic E-state index is 0.0979. The second-order valence-corrected chi connectivity index (χ2v) is 5.54. The van der Waals surface area contributed by atoms with Gasteiger partial charge in [0.2, 0.25) is 5.91 Å². The lowest BCUT2D eigenvalue weighted by atomic mass is 10.1. The average molecular weight is 296 g/mol. The number of carbonyl (C=O) groups is 1. The number of nitrogens with one attached hydrogen (secondary N) is 2. The molecule has 0 aromatic heterocycles. The van der Waals surface area contributed by atoms with Crippen molar-refractivity contribution in [2.45, 2.75) is 19.4 Å². The molecule has 1 aromatic rings. The summed E-state index contributed by atoms with van der Waals surface area (Å²) >= 11 is 5.93. The molecule has 1 saturated heterocycles. The highest BCUT2D eigenvalue weighted by atomic mass is 35.5. The van der Waals surface area contributed by atoms with E-state index in [0.29, 0.717) is 19.1 Å². The molecule has 0 saturated carbocycles. The Balaban J connectivity index is 1.69. The zero-order valence-corrected chi connectivity index (χ0v) is 12.6. The highest BCUT2D eigenvalue weighted by molar-refractivity contribution is 6.30. The molecule has 110 valence electrons. The van der Waals surface area contributed by atoms with Gasteiger partial charge in [0.1, 0.15) is 0 Å². The first-order valence-corrected chi connectivity index (χ1v) is 7.52. The van der Waals surface area contributed by atoms with Gasteiger partial charge in [0.25, 0.3) is 0 Å². The first kappa shape index (κ1) is 15.3. The number of benzene rings is 1. The van der Waals surface area contributed by atoms with Gasteiger partial charge in [0, 0.05) is 30.7 Å². The van der Waals surface area contributed by atoms with E-state index in [1.54, 1.807) is 0 Å². The molecular weight excluding hydrogens is 274 g/mol. The number of carbonyl (C=O) groups excluding carboxylic acids is 1. The number of nitrogens with zero attached hydrogens (tertiary/aromatic N) is 1. The number of halogens is 1. The SMILES string of the molecule is CCN(CC(=O)NCCc1cccc(Cl)c1)C1CNC1. The van der Waals surface area contributed by atoms with Gasteiger partial charge in [-0.25, -0.2) is 0 Å². The molecule has 5 heteroatoms. The summed E-state index contributed by atoms with van der Waals surface area (Å²) in [5.41, 5.74) is 1.15. The summed E-state index contributed by atoms with van der Waals surface area (Å²) in [5, 5.41) is 6.95. The van der Waals surface area contributed by atoms with Crippen LogP contribution in [0.3, 0.4) is 0 Å². The Bertz CT molecular complexity index is 448. The Labute approximate surface area is 125 Å². The lowest BCUT2D eigenvalue weighted by Crippen LogP contribution is -2.58. The van der Waals surface area contributed by atoms with Crippen LogP contribution in [0, 0.1) is 0 Å². The highest BCUT2D eigenvalue weighted by Gasteiger charge is 2.24. The average Bonchev–Trinajstić information content (AvgIpc) is 2.36. The third kappa shape index (κ3) is 4.47. The van der Waals surface area contributed by atoms with Crippen LogP contribution in [0.1, 0.15) is 12.5 Å². The quantitative estimate of drug-likeness (QED) is 0.797. The molecule has 0 atom stereocenters. The van der Waals surface area contributed by atoms with Gasteiger partial charge in [-0.2, -0.15) is 0 Å². The van der Waals surface area contributed by atoms with Gasteiger partial charge < -0.3 is 10.6 Å². The summed E-state index contributed by atoms with van der Waals surface area (Å²) in [5.74, 6) is 0.0979. The molecule has 0 spiro atoms. The maximum absolute atomic E-state index is 11.9. The minimum Gasteiger partial charge on any atom is -0.355 e. The summed E-state index contributed by atoms with van der Waals surface area (Å²) < 4.78 is 0. The standard InChI is InChI=1S/C15H22ClN3O/c1-2-19(14-9-17-10-14)11-15(20)18-7-6-12-4-3-5-13(16)8-12/h3-5,8,14,17H,2,6-7,9-11H2,1H3,(H,18,20). The van der Waals surface area contributed by atoms with Crippen molar-refractivity contribution in [3.8, 4) is 0 Å². The molecule has 1 aromatic carbocycles. The predicted molar refractivity (Wildman–Crippen MR) is 82.1 cm³/mol. The first-order chi connectivity index (χ1) is 9.69. The Morgan fingerprint density at radius 1 is 1.50 bits per heavy atom. The van der Waals surface area contributed by atoms with E-state index in [2.05, 4.69) is 22.5 Å². The van der Waals surface area contributed by atoms with Crippen molar-refractivity contribution in [1.29, 1.82) is 0 Å². The fourth-order valence-corrected chi connectivity index (χ4v) is 2.52. The normalized spacial score (nSPS) is 15.2. The van der Waals surface area contributed by atoms with Crippen LogP contribution in [0.4, 0.5) is 0 Å². The van der Waals surface area contributed by atoms with Gasteiger partial charge >= 0.3 is 0 Å². The fraction of sp³-hybridized carbons (Fsp3) is 0.533. The molecule has 1 aliphatic heterocycles. The third-order valence-electron chi connectivity index (χ3n) is 3.65. The summed E-state index contributed by atoms with van der Waals surface area (Å²) in [4.78, 5) is 14.1. The third-order valence-corrected chi connectivity index (χ3v) is 3.89. The second-order valence-electron chi connectivity index (χ2n) is 5.11. The Hall–Kier alpha value is -1.10. The number of rotatable bonds is 7. The number of hydrogen-bond donors (Lipinski definition) is 2. The largest absolute Gasteiger partial charge is 0.355 e. The summed E-state index contributed by atoms with van der Waals surface area (Å²) in [6, 6.07) is 8.26. The van der Waals surface area contributed by atoms with Gasteiger partial charge in [-0.05, 0) is 30.7 Å². The number of amides is 1. The van der Waals surface area contributed by atoms with E-state index in [0.717, 1.165) is 36.6 Å². The molecule has 1 fully saturated rings. The van der Waals surface area contributed by atoms with E-state index in [4.69, 9.17) is 11.6 Å². The van der Waals surface area contributed by atoms with E-state index >= 15 is 0 Å². The van der Waals surface area contributed by atoms with Crippen molar-refractivity contribution >= 4 is 17.5 Å². The molecular formula is C15H22ClN3O. The maximum atomic E-state index is 11.9. The Morgan fingerprint density at radius 2 is 2.30 bits per heavy atom. The summed E-state index contributed by atoms with van der Waals surface area (Å²) in [7, 11) is 0. The van der Waals surface area contributed by atoms with E-state index in [-0.39, 0.29) is 5.91 Å². The Morgan fingerprint density at radius 3 is 2.90 bits per heavy atom. The first-order valence-electron chi connectivity index (χ1n) is 7.15. The van der Waals surface area contributed by atoms with Crippen molar-refractivity contribution in [3.05, 3.63) is 34.9 Å². The molecule has 1 aliphatic rings. The lowest BCUT2D eigenvalue weighted by molar-refractivity contribution is -0.123. The monoisotopic (exact) mass is 295 g/mol. The van der Waals surface area contributed by atoms with Gasteiger partial charge in [-0.15, -0.1) is 0 Å². The van der Waals surface area contributed by atoms with Crippen molar-refractivity contribution in [3.63, 3.8) is 0 Å². The molecule has 20 heavy (non-hydrogen) atoms. The molecule has 0 aliphatic carbocycles. The number of hydrogen-bond acceptors (Lipinski definition) is 3. The van der Waals surface area contributed by atoms with Gasteiger partial charge in [0.05, 0.1) is 6.54 Å². The molecule has 1 amide bonds. The van der Waals surface area contributed by atoms with Crippen LogP contribution in [0.5, 0.6) is 0 Å². The molecule has 0 radical (unpaired) electrons. The zero-order chi connectivity index (χ0) is 14.4. The molecule has 2 rings (SSSR count). The lowest BCUT2D eigenvalue weighted by Gasteiger charge is -2.37. The molecule has 0 bridgehead atoms. The fourth-order valence-electron chi connectivity index (χ4n) is 2.31. The van der Waals surface area contributed by atoms with Crippen molar-refractivity contribution < 1.29 is 4.79 Å². The highest BCUT2D eigenvalue weighted by Crippen LogP contribution is 2.10. The zero-order valence-electron chi connectivity index (χ0n) is 11.9. The van der Waals surface area contributed by atoms with E-state index in [9.17, 15) is 4.79 Å². The Kier molecular flexibility index (Phi) is 5.83. The summed E-state index contributed by atoms with van der Waals surface area (Å²) in [6.07, 6.45) is 0.809. The van der Waals surface area contributed by atoms with Crippen molar-refractivity contribution in [2.75, 3.05) is 32.7 Å². The second kappa shape index (κ2) is 7.62. The summed E-state index contributed by atoms with van der Waals surface area (Å²) in [6.45, 7) is 6.12. The van der Waals surface area contributed by atoms with Crippen LogP contribution in [0.25, 0.3) is 0 Å².